The van der Waals surface area contributed by atoms with Gasteiger partial charge in [-0.1, -0.05) is 43.0 Å². The van der Waals surface area contributed by atoms with E-state index in [4.69, 9.17) is 4.74 Å². The number of benzene rings is 1. The number of rotatable bonds is 8. The van der Waals surface area contributed by atoms with E-state index in [0.29, 0.717) is 32.2 Å². The van der Waals surface area contributed by atoms with Crippen molar-refractivity contribution in [3.8, 4) is 5.75 Å². The van der Waals surface area contributed by atoms with E-state index in [9.17, 15) is 9.59 Å². The van der Waals surface area contributed by atoms with Gasteiger partial charge in [0, 0.05) is 32.2 Å². The molecule has 2 N–H and O–H groups in total. The van der Waals surface area contributed by atoms with Crippen LogP contribution in [-0.4, -0.2) is 49.4 Å². The number of nitrogens with zero attached hydrogens (tertiary/aromatic N) is 2. The summed E-state index contributed by atoms with van der Waals surface area (Å²) in [5.41, 5.74) is 1.00. The molecule has 1 heterocycles. The van der Waals surface area contributed by atoms with E-state index in [1.165, 1.54) is 4.90 Å². The minimum Gasteiger partial charge on any atom is -0.489 e. The molecule has 30 heavy (non-hydrogen) atoms. The number of fused-ring (bicyclic) bond motifs is 5. The molecule has 0 aromatic heterocycles. The number of nitrogens with one attached hydrogen (secondary N) is 2. The molecule has 4 rings (SSSR count). The molecule has 2 amide bonds. The number of guanidine groups is 1. The Balaban J connectivity index is 1.27. The monoisotopic (exact) mass is 408 g/mol. The maximum atomic E-state index is 12.7. The van der Waals surface area contributed by atoms with E-state index in [1.807, 2.05) is 24.3 Å². The second-order valence-electron chi connectivity index (χ2n) is 7.89. The van der Waals surface area contributed by atoms with Gasteiger partial charge >= 0.3 is 0 Å². The number of allylic oxidation sites excluding steroid dienone is 2. The van der Waals surface area contributed by atoms with E-state index in [2.05, 4.69) is 34.4 Å². The van der Waals surface area contributed by atoms with Gasteiger partial charge in [-0.2, -0.15) is 0 Å². The van der Waals surface area contributed by atoms with E-state index in [-0.39, 0.29) is 35.5 Å². The van der Waals surface area contributed by atoms with E-state index < -0.39 is 0 Å². The molecule has 4 atom stereocenters. The molecule has 2 bridgehead atoms. The van der Waals surface area contributed by atoms with E-state index in [1.54, 1.807) is 13.1 Å². The highest BCUT2D eigenvalue weighted by Crippen LogP contribution is 2.52. The molecule has 7 heteroatoms. The summed E-state index contributed by atoms with van der Waals surface area (Å²) in [5.74, 6) is 1.58. The summed E-state index contributed by atoms with van der Waals surface area (Å²) in [7, 11) is 1.69. The van der Waals surface area contributed by atoms with Crippen LogP contribution in [0.5, 0.6) is 5.75 Å². The molecule has 2 aliphatic carbocycles. The van der Waals surface area contributed by atoms with Crippen LogP contribution in [0, 0.1) is 23.7 Å². The molecular formula is C23H28N4O3. The number of amides is 2. The molecule has 1 saturated heterocycles. The number of hydrogen-bond donors (Lipinski definition) is 2. The van der Waals surface area contributed by atoms with Gasteiger partial charge in [0.05, 0.1) is 11.8 Å². The predicted molar refractivity (Wildman–Crippen MR) is 115 cm³/mol. The normalized spacial score (nSPS) is 26.8. The van der Waals surface area contributed by atoms with Gasteiger partial charge in [-0.15, -0.1) is 0 Å². The summed E-state index contributed by atoms with van der Waals surface area (Å²) in [6.07, 6.45) is 6.89. The van der Waals surface area contributed by atoms with Crippen molar-refractivity contribution in [3.05, 3.63) is 54.6 Å². The first-order chi connectivity index (χ1) is 14.6. The zero-order valence-corrected chi connectivity index (χ0v) is 17.2. The Kier molecular flexibility index (Phi) is 5.88. The first-order valence-electron chi connectivity index (χ1n) is 10.4. The lowest BCUT2D eigenvalue weighted by atomic mass is 9.85. The van der Waals surface area contributed by atoms with Crippen molar-refractivity contribution < 1.29 is 14.3 Å². The van der Waals surface area contributed by atoms with Crippen molar-refractivity contribution in [1.29, 1.82) is 0 Å². The summed E-state index contributed by atoms with van der Waals surface area (Å²) >= 11 is 0. The van der Waals surface area contributed by atoms with Crippen LogP contribution >= 0.6 is 0 Å². The van der Waals surface area contributed by atoms with Crippen molar-refractivity contribution in [2.24, 2.45) is 28.7 Å². The van der Waals surface area contributed by atoms with Crippen LogP contribution in [0.2, 0.25) is 0 Å². The molecule has 1 saturated carbocycles. The smallest absolute Gasteiger partial charge is 0.233 e. The molecule has 158 valence electrons. The second kappa shape index (κ2) is 8.73. The van der Waals surface area contributed by atoms with E-state index >= 15 is 0 Å². The van der Waals surface area contributed by atoms with Crippen LogP contribution in [0.4, 0.5) is 0 Å². The predicted octanol–water partition coefficient (Wildman–Crippen LogP) is 1.72. The zero-order valence-electron chi connectivity index (χ0n) is 17.2. The Morgan fingerprint density at radius 2 is 1.90 bits per heavy atom. The zero-order chi connectivity index (χ0) is 21.1. The standard InChI is InChI=1S/C23H28N4O3/c1-3-12-30-18-7-5-4-6-17(18)14-26-23(24-2)25-10-11-27-21(28)19-15-8-9-16(13-15)20(19)22(27)29/h3-9,15-16,19-20H,1,10-14H2,2H3,(H2,24,25,26). The Morgan fingerprint density at radius 3 is 2.57 bits per heavy atom. The fraction of sp³-hybridized carbons (Fsp3) is 0.435. The molecule has 0 radical (unpaired) electrons. The third-order valence-corrected chi connectivity index (χ3v) is 6.19. The molecule has 1 aromatic carbocycles. The van der Waals surface area contributed by atoms with Gasteiger partial charge < -0.3 is 15.4 Å². The fourth-order valence-corrected chi connectivity index (χ4v) is 4.81. The van der Waals surface area contributed by atoms with Gasteiger partial charge in [-0.3, -0.25) is 19.5 Å². The van der Waals surface area contributed by atoms with Gasteiger partial charge in [0.2, 0.25) is 11.8 Å². The molecule has 1 aromatic rings. The molecule has 7 nitrogen and oxygen atoms in total. The third-order valence-electron chi connectivity index (χ3n) is 6.19. The number of carbonyl (C=O) groups is 2. The minimum absolute atomic E-state index is 0.0140. The first-order valence-corrected chi connectivity index (χ1v) is 10.4. The number of para-hydroxylation sites is 1. The molecule has 2 fully saturated rings. The third kappa shape index (κ3) is 3.72. The van der Waals surface area contributed by atoms with Crippen LogP contribution < -0.4 is 15.4 Å². The van der Waals surface area contributed by atoms with Gasteiger partial charge in [0.1, 0.15) is 12.4 Å². The average molecular weight is 409 g/mol. The van der Waals surface area contributed by atoms with Gasteiger partial charge in [-0.05, 0) is 24.3 Å². The maximum absolute atomic E-state index is 12.7. The number of aliphatic imine (C=N–C) groups is 1. The maximum Gasteiger partial charge on any atom is 0.233 e. The summed E-state index contributed by atoms with van der Waals surface area (Å²) in [5, 5.41) is 6.44. The van der Waals surface area contributed by atoms with Gasteiger partial charge in [-0.25, -0.2) is 0 Å². The molecule has 4 unspecified atom stereocenters. The van der Waals surface area contributed by atoms with Crippen LogP contribution in [0.15, 0.2) is 54.1 Å². The number of imide groups is 1. The van der Waals surface area contributed by atoms with Gasteiger partial charge in [0.15, 0.2) is 5.96 Å². The number of ether oxygens (including phenoxy) is 1. The second-order valence-corrected chi connectivity index (χ2v) is 7.89. The topological polar surface area (TPSA) is 83.0 Å². The molecule has 1 aliphatic heterocycles. The molecule has 0 spiro atoms. The number of hydrogen-bond acceptors (Lipinski definition) is 4. The number of carbonyl (C=O) groups excluding carboxylic acids is 2. The van der Waals surface area contributed by atoms with Crippen LogP contribution in [0.1, 0.15) is 12.0 Å². The van der Waals surface area contributed by atoms with Gasteiger partial charge in [0.25, 0.3) is 0 Å². The van der Waals surface area contributed by atoms with Crippen molar-refractivity contribution in [3.63, 3.8) is 0 Å². The van der Waals surface area contributed by atoms with Crippen molar-refractivity contribution >= 4 is 17.8 Å². The van der Waals surface area contributed by atoms with Crippen molar-refractivity contribution in [2.45, 2.75) is 13.0 Å². The average Bonchev–Trinajstić information content (AvgIpc) is 3.44. The Labute approximate surface area is 176 Å². The fourth-order valence-electron chi connectivity index (χ4n) is 4.81. The van der Waals surface area contributed by atoms with Crippen LogP contribution in [0.3, 0.4) is 0 Å². The summed E-state index contributed by atoms with van der Waals surface area (Å²) in [4.78, 5) is 31.1. The largest absolute Gasteiger partial charge is 0.489 e. The quantitative estimate of drug-likeness (QED) is 0.296. The SMILES string of the molecule is C=CCOc1ccccc1CNC(=NC)NCCN1C(=O)C2C3C=CC(C3)C2C1=O. The lowest BCUT2D eigenvalue weighted by Gasteiger charge is -2.19. The van der Waals surface area contributed by atoms with Crippen molar-refractivity contribution in [2.75, 3.05) is 26.7 Å². The Hall–Kier alpha value is -3.09. The minimum atomic E-state index is -0.142. The Bertz CT molecular complexity index is 864. The summed E-state index contributed by atoms with van der Waals surface area (Å²) in [6, 6.07) is 7.79. The highest BCUT2D eigenvalue weighted by atomic mass is 16.5. The summed E-state index contributed by atoms with van der Waals surface area (Å²) < 4.78 is 5.68. The molecular weight excluding hydrogens is 380 g/mol. The lowest BCUT2D eigenvalue weighted by molar-refractivity contribution is -0.140. The first kappa shape index (κ1) is 20.2. The van der Waals surface area contributed by atoms with E-state index in [0.717, 1.165) is 17.7 Å². The molecule has 3 aliphatic rings. The van der Waals surface area contributed by atoms with Crippen LogP contribution in [0.25, 0.3) is 0 Å². The highest BCUT2D eigenvalue weighted by Gasteiger charge is 2.58. The summed E-state index contributed by atoms with van der Waals surface area (Å²) in [6.45, 7) is 5.46. The van der Waals surface area contributed by atoms with Crippen molar-refractivity contribution in [1.82, 2.24) is 15.5 Å². The number of likely N-dealkylation sites (tertiary alicyclic amines) is 1. The van der Waals surface area contributed by atoms with Crippen LogP contribution in [-0.2, 0) is 16.1 Å². The Morgan fingerprint density at radius 1 is 1.20 bits per heavy atom. The highest BCUT2D eigenvalue weighted by molar-refractivity contribution is 6.06. The lowest BCUT2D eigenvalue weighted by Crippen LogP contribution is -2.43.